The minimum atomic E-state index is -1.68. The molecule has 1 rings (SSSR count). The van der Waals surface area contributed by atoms with E-state index in [0.29, 0.717) is 0 Å². The van der Waals surface area contributed by atoms with E-state index in [0.717, 1.165) is 13.0 Å². The van der Waals surface area contributed by atoms with Gasteiger partial charge in [-0.15, -0.1) is 0 Å². The van der Waals surface area contributed by atoms with Crippen molar-refractivity contribution in [2.24, 2.45) is 5.41 Å². The van der Waals surface area contributed by atoms with Gasteiger partial charge in [0, 0.05) is 12.0 Å². The van der Waals surface area contributed by atoms with Gasteiger partial charge in [-0.25, -0.2) is 0 Å². The standard InChI is InChI=1S/C14H28O2Si/c1-11-8-12(15)9-14(11,5)10-16-17(6,7)13(2,3)4/h8,12,15H,9-10H2,1-7H3. The Morgan fingerprint density at radius 3 is 2.35 bits per heavy atom. The molecule has 0 aromatic carbocycles. The molecule has 1 aliphatic rings. The molecule has 3 heteroatoms. The summed E-state index contributed by atoms with van der Waals surface area (Å²) in [6, 6.07) is 0. The summed E-state index contributed by atoms with van der Waals surface area (Å²) < 4.78 is 6.29. The van der Waals surface area contributed by atoms with Gasteiger partial charge in [-0.05, 0) is 31.5 Å². The first kappa shape index (κ1) is 14.9. The minimum Gasteiger partial charge on any atom is -0.416 e. The van der Waals surface area contributed by atoms with Crippen LogP contribution < -0.4 is 0 Å². The molecule has 0 aliphatic heterocycles. The summed E-state index contributed by atoms with van der Waals surface area (Å²) >= 11 is 0. The van der Waals surface area contributed by atoms with Crippen LogP contribution in [0.1, 0.15) is 41.0 Å². The van der Waals surface area contributed by atoms with Crippen molar-refractivity contribution >= 4 is 8.32 Å². The number of aliphatic hydroxyl groups is 1. The molecule has 2 nitrogen and oxygen atoms in total. The Kier molecular flexibility index (Phi) is 3.97. The van der Waals surface area contributed by atoms with Crippen molar-refractivity contribution in [3.8, 4) is 0 Å². The summed E-state index contributed by atoms with van der Waals surface area (Å²) in [7, 11) is -1.68. The van der Waals surface area contributed by atoms with Gasteiger partial charge in [-0.2, -0.15) is 0 Å². The quantitative estimate of drug-likeness (QED) is 0.616. The maximum Gasteiger partial charge on any atom is 0.192 e. The van der Waals surface area contributed by atoms with Crippen molar-refractivity contribution in [2.45, 2.75) is 65.3 Å². The van der Waals surface area contributed by atoms with Crippen molar-refractivity contribution in [1.29, 1.82) is 0 Å². The Morgan fingerprint density at radius 1 is 1.47 bits per heavy atom. The Labute approximate surface area is 107 Å². The summed E-state index contributed by atoms with van der Waals surface area (Å²) in [6.07, 6.45) is 2.48. The van der Waals surface area contributed by atoms with E-state index in [9.17, 15) is 5.11 Å². The largest absolute Gasteiger partial charge is 0.416 e. The fourth-order valence-electron chi connectivity index (χ4n) is 1.90. The van der Waals surface area contributed by atoms with Gasteiger partial charge in [-0.3, -0.25) is 0 Å². The van der Waals surface area contributed by atoms with Crippen LogP contribution in [0.4, 0.5) is 0 Å². The Bertz CT molecular complexity index is 315. The van der Waals surface area contributed by atoms with Gasteiger partial charge < -0.3 is 9.53 Å². The number of hydrogen-bond acceptors (Lipinski definition) is 2. The van der Waals surface area contributed by atoms with E-state index in [2.05, 4.69) is 47.7 Å². The van der Waals surface area contributed by atoms with Crippen LogP contribution in [0.5, 0.6) is 0 Å². The lowest BCUT2D eigenvalue weighted by molar-refractivity contribution is 0.131. The second-order valence-corrected chi connectivity index (χ2v) is 12.0. The molecule has 0 saturated carbocycles. The summed E-state index contributed by atoms with van der Waals surface area (Å²) in [5, 5.41) is 9.95. The summed E-state index contributed by atoms with van der Waals surface area (Å²) in [5.74, 6) is 0. The molecule has 0 saturated heterocycles. The first-order valence-corrected chi connectivity index (χ1v) is 9.40. The van der Waals surface area contributed by atoms with E-state index in [4.69, 9.17) is 4.43 Å². The van der Waals surface area contributed by atoms with E-state index in [-0.39, 0.29) is 16.6 Å². The Balaban J connectivity index is 2.67. The van der Waals surface area contributed by atoms with Gasteiger partial charge in [0.2, 0.25) is 0 Å². The topological polar surface area (TPSA) is 29.5 Å². The smallest absolute Gasteiger partial charge is 0.192 e. The van der Waals surface area contributed by atoms with Crippen LogP contribution in [0.15, 0.2) is 11.6 Å². The second-order valence-electron chi connectivity index (χ2n) is 7.23. The zero-order chi connectivity index (χ0) is 13.5. The highest BCUT2D eigenvalue weighted by atomic mass is 28.4. The Morgan fingerprint density at radius 2 is 2.00 bits per heavy atom. The molecule has 17 heavy (non-hydrogen) atoms. The van der Waals surface area contributed by atoms with Gasteiger partial charge >= 0.3 is 0 Å². The molecule has 0 amide bonds. The molecule has 2 unspecified atom stereocenters. The highest BCUT2D eigenvalue weighted by Gasteiger charge is 2.41. The summed E-state index contributed by atoms with van der Waals surface area (Å²) in [6.45, 7) is 16.4. The molecule has 0 aromatic heterocycles. The van der Waals surface area contributed by atoms with E-state index >= 15 is 0 Å². The monoisotopic (exact) mass is 256 g/mol. The third-order valence-corrected chi connectivity index (χ3v) is 9.09. The predicted molar refractivity (Wildman–Crippen MR) is 75.6 cm³/mol. The van der Waals surface area contributed by atoms with Crippen LogP contribution >= 0.6 is 0 Å². The predicted octanol–water partition coefficient (Wildman–Crippen LogP) is 3.73. The molecular formula is C14H28O2Si. The maximum atomic E-state index is 9.70. The van der Waals surface area contributed by atoms with Crippen molar-refractivity contribution < 1.29 is 9.53 Å². The van der Waals surface area contributed by atoms with Gasteiger partial charge in [0.15, 0.2) is 8.32 Å². The van der Waals surface area contributed by atoms with Crippen LogP contribution in [0.2, 0.25) is 18.1 Å². The molecule has 100 valence electrons. The average Bonchev–Trinajstić information content (AvgIpc) is 2.36. The van der Waals surface area contributed by atoms with Crippen molar-refractivity contribution in [2.75, 3.05) is 6.61 Å². The molecule has 0 aromatic rings. The van der Waals surface area contributed by atoms with Gasteiger partial charge in [0.05, 0.1) is 6.10 Å². The van der Waals surface area contributed by atoms with Crippen LogP contribution in [-0.4, -0.2) is 26.1 Å². The lowest BCUT2D eigenvalue weighted by Gasteiger charge is -2.39. The van der Waals surface area contributed by atoms with E-state index in [1.165, 1.54) is 5.57 Å². The molecule has 1 N–H and O–H groups in total. The molecule has 0 fully saturated rings. The number of hydrogen-bond donors (Lipinski definition) is 1. The molecule has 0 heterocycles. The zero-order valence-electron chi connectivity index (χ0n) is 12.4. The molecule has 2 atom stereocenters. The van der Waals surface area contributed by atoms with E-state index < -0.39 is 8.32 Å². The van der Waals surface area contributed by atoms with Crippen LogP contribution in [0.25, 0.3) is 0 Å². The highest BCUT2D eigenvalue weighted by Crippen LogP contribution is 2.42. The van der Waals surface area contributed by atoms with Crippen LogP contribution in [0.3, 0.4) is 0 Å². The molecule has 0 radical (unpaired) electrons. The fourth-order valence-corrected chi connectivity index (χ4v) is 3.01. The fraction of sp³-hybridized carbons (Fsp3) is 0.857. The summed E-state index contributed by atoms with van der Waals surface area (Å²) in [5.41, 5.74) is 1.29. The average molecular weight is 256 g/mol. The van der Waals surface area contributed by atoms with Crippen molar-refractivity contribution in [3.63, 3.8) is 0 Å². The summed E-state index contributed by atoms with van der Waals surface area (Å²) in [4.78, 5) is 0. The number of rotatable bonds is 3. The SMILES string of the molecule is CC1=CC(O)CC1(C)CO[Si](C)(C)C(C)(C)C. The molecular weight excluding hydrogens is 228 g/mol. The third-order valence-electron chi connectivity index (χ3n) is 4.61. The maximum absolute atomic E-state index is 9.70. The van der Waals surface area contributed by atoms with Crippen LogP contribution in [-0.2, 0) is 4.43 Å². The molecule has 0 bridgehead atoms. The van der Waals surface area contributed by atoms with Gasteiger partial charge in [0.25, 0.3) is 0 Å². The zero-order valence-corrected chi connectivity index (χ0v) is 13.4. The molecule has 1 aliphatic carbocycles. The minimum absolute atomic E-state index is 0.0228. The first-order valence-electron chi connectivity index (χ1n) is 6.49. The third kappa shape index (κ3) is 3.21. The number of aliphatic hydroxyl groups excluding tert-OH is 1. The highest BCUT2D eigenvalue weighted by molar-refractivity contribution is 6.74. The van der Waals surface area contributed by atoms with Gasteiger partial charge in [-0.1, -0.05) is 39.3 Å². The van der Waals surface area contributed by atoms with Gasteiger partial charge in [0.1, 0.15) is 0 Å². The molecule has 0 spiro atoms. The van der Waals surface area contributed by atoms with Crippen molar-refractivity contribution in [1.82, 2.24) is 0 Å². The normalized spacial score (nSPS) is 30.6. The lowest BCUT2D eigenvalue weighted by Crippen LogP contribution is -2.43. The Hall–Kier alpha value is -0.123. The van der Waals surface area contributed by atoms with Crippen LogP contribution in [0, 0.1) is 5.41 Å². The first-order chi connectivity index (χ1) is 7.48. The second kappa shape index (κ2) is 4.52. The van der Waals surface area contributed by atoms with E-state index in [1.54, 1.807) is 0 Å². The van der Waals surface area contributed by atoms with Crippen molar-refractivity contribution in [3.05, 3.63) is 11.6 Å². The van der Waals surface area contributed by atoms with E-state index in [1.807, 2.05) is 6.08 Å². The lowest BCUT2D eigenvalue weighted by atomic mass is 9.85.